The summed E-state index contributed by atoms with van der Waals surface area (Å²) in [5, 5.41) is 0.731. The van der Waals surface area contributed by atoms with Crippen LogP contribution in [-0.2, 0) is 9.47 Å². The van der Waals surface area contributed by atoms with E-state index in [1.54, 1.807) is 52.3 Å². The second kappa shape index (κ2) is 11.6. The largest absolute Gasteiger partial charge is 0.573 e. The minimum atomic E-state index is -4.79. The number of hydrogen-bond donors (Lipinski definition) is 0. The smallest absolute Gasteiger partial charge is 0.482 e. The first-order valence-corrected chi connectivity index (χ1v) is 10.9. The lowest BCUT2D eigenvalue weighted by Crippen LogP contribution is -2.48. The van der Waals surface area contributed by atoms with E-state index in [2.05, 4.69) is 4.74 Å². The molecule has 0 aliphatic heterocycles. The topological polar surface area (TPSA) is 36.9 Å². The van der Waals surface area contributed by atoms with Crippen LogP contribution in [0.3, 0.4) is 0 Å². The van der Waals surface area contributed by atoms with Crippen molar-refractivity contribution in [1.29, 1.82) is 0 Å². The van der Waals surface area contributed by atoms with Gasteiger partial charge in [0.1, 0.15) is 6.10 Å². The van der Waals surface area contributed by atoms with E-state index in [1.165, 1.54) is 12.1 Å². The van der Waals surface area contributed by atoms with Gasteiger partial charge in [-0.25, -0.2) is 0 Å². The highest BCUT2D eigenvalue weighted by Crippen LogP contribution is 2.36. The number of rotatable bonds is 7. The van der Waals surface area contributed by atoms with Gasteiger partial charge in [0.15, 0.2) is 11.5 Å². The highest BCUT2D eigenvalue weighted by Gasteiger charge is 2.37. The van der Waals surface area contributed by atoms with Gasteiger partial charge in [0.2, 0.25) is 0 Å². The van der Waals surface area contributed by atoms with Crippen molar-refractivity contribution in [1.82, 2.24) is 0 Å². The molecule has 9 heteroatoms. The molecule has 2 rings (SSSR count). The highest BCUT2D eigenvalue weighted by atomic mass is 35.5. The van der Waals surface area contributed by atoms with Crippen molar-refractivity contribution in [3.8, 4) is 11.5 Å². The van der Waals surface area contributed by atoms with Crippen LogP contribution in [0.15, 0.2) is 36.4 Å². The molecule has 0 aromatic heterocycles. The molecule has 0 aliphatic carbocycles. The van der Waals surface area contributed by atoms with Gasteiger partial charge in [-0.2, -0.15) is 0 Å². The Balaban J connectivity index is 0.000000461. The fourth-order valence-electron chi connectivity index (χ4n) is 2.43. The third kappa shape index (κ3) is 8.89. The Bertz CT molecular complexity index is 901. The Hall–Kier alpha value is -1.67. The maximum absolute atomic E-state index is 12.5. The van der Waals surface area contributed by atoms with E-state index in [0.29, 0.717) is 21.2 Å². The summed E-state index contributed by atoms with van der Waals surface area (Å²) in [6.07, 6.45) is -5.33. The van der Waals surface area contributed by atoms with Crippen molar-refractivity contribution in [2.45, 2.75) is 65.2 Å². The molecule has 0 aliphatic rings. The number of benzene rings is 2. The first-order valence-electron chi connectivity index (χ1n) is 10.1. The zero-order valence-electron chi connectivity index (χ0n) is 20.1. The fourth-order valence-corrected chi connectivity index (χ4v) is 2.74. The van der Waals surface area contributed by atoms with Gasteiger partial charge in [-0.15, -0.1) is 13.2 Å². The van der Waals surface area contributed by atoms with Gasteiger partial charge in [-0.05, 0) is 76.9 Å². The molecule has 186 valence electrons. The predicted molar refractivity (Wildman–Crippen MR) is 126 cm³/mol. The van der Waals surface area contributed by atoms with Gasteiger partial charge in [-0.3, -0.25) is 0 Å². The van der Waals surface area contributed by atoms with Crippen molar-refractivity contribution in [3.05, 3.63) is 57.6 Å². The molecule has 0 saturated carbocycles. The molecule has 1 atom stereocenters. The summed E-state index contributed by atoms with van der Waals surface area (Å²) in [5.74, 6) is -0.393. The normalized spacial score (nSPS) is 13.1. The van der Waals surface area contributed by atoms with Crippen LogP contribution in [0.4, 0.5) is 13.2 Å². The molecule has 0 amide bonds. The van der Waals surface area contributed by atoms with Crippen molar-refractivity contribution >= 4 is 23.2 Å². The van der Waals surface area contributed by atoms with Gasteiger partial charge in [0.25, 0.3) is 0 Å². The molecule has 0 N–H and O–H groups in total. The minimum absolute atomic E-state index is 0.00787. The van der Waals surface area contributed by atoms with Crippen LogP contribution in [0.1, 0.15) is 51.8 Å². The fraction of sp³-hybridized carbons (Fsp3) is 0.500. The molecular formula is C24H31Cl2F3O4. The number of hydrogen-bond acceptors (Lipinski definition) is 4. The third-order valence-corrected chi connectivity index (χ3v) is 6.25. The Kier molecular flexibility index (Phi) is 10.4. The zero-order valence-corrected chi connectivity index (χ0v) is 21.6. The number of alkyl halides is 3. The van der Waals surface area contributed by atoms with Crippen molar-refractivity contribution < 1.29 is 32.1 Å². The molecule has 0 heterocycles. The van der Waals surface area contributed by atoms with Crippen molar-refractivity contribution in [3.63, 3.8) is 0 Å². The summed E-state index contributed by atoms with van der Waals surface area (Å²) in [7, 11) is 3.39. The molecule has 33 heavy (non-hydrogen) atoms. The maximum Gasteiger partial charge on any atom is 0.573 e. The van der Waals surface area contributed by atoms with Crippen LogP contribution in [0.5, 0.6) is 11.5 Å². The molecule has 0 saturated heterocycles. The summed E-state index contributed by atoms with van der Waals surface area (Å²) in [4.78, 5) is 0. The van der Waals surface area contributed by atoms with Gasteiger partial charge in [0.05, 0.1) is 21.2 Å². The Morgan fingerprint density at radius 1 is 0.788 bits per heavy atom. The van der Waals surface area contributed by atoms with Gasteiger partial charge < -0.3 is 18.9 Å². The van der Waals surface area contributed by atoms with Crippen LogP contribution < -0.4 is 9.47 Å². The standard InChI is InChI=1S/C16H13Cl2F3O2.C8H18O2/c1-9-3-6-14(15(7-9)23-16(19,20)21)22-10(2)11-4-5-12(17)13(18)8-11;1-7(2,9-5)8(3,4)10-6/h3-8,10H,1-2H3;1-6H3. The van der Waals surface area contributed by atoms with Gasteiger partial charge >= 0.3 is 6.36 Å². The molecule has 0 radical (unpaired) electrons. The van der Waals surface area contributed by atoms with Crippen molar-refractivity contribution in [2.24, 2.45) is 0 Å². The molecule has 0 bridgehead atoms. The molecular weight excluding hydrogens is 480 g/mol. The minimum Gasteiger partial charge on any atom is -0.482 e. The average molecular weight is 511 g/mol. The van der Waals surface area contributed by atoms with Crippen LogP contribution in [0, 0.1) is 6.92 Å². The van der Waals surface area contributed by atoms with E-state index >= 15 is 0 Å². The van der Waals surface area contributed by atoms with E-state index in [9.17, 15) is 13.2 Å². The average Bonchev–Trinajstić information content (AvgIpc) is 2.71. The van der Waals surface area contributed by atoms with Gasteiger partial charge in [0, 0.05) is 14.2 Å². The lowest BCUT2D eigenvalue weighted by Gasteiger charge is -2.38. The summed E-state index contributed by atoms with van der Waals surface area (Å²) in [6.45, 7) is 11.4. The van der Waals surface area contributed by atoms with Crippen LogP contribution >= 0.6 is 23.2 Å². The SMILES string of the molecule is COC(C)(C)C(C)(C)OC.Cc1ccc(OC(C)c2ccc(Cl)c(Cl)c2)c(OC(F)(F)F)c1. The van der Waals surface area contributed by atoms with Crippen LogP contribution in [-0.4, -0.2) is 31.8 Å². The van der Waals surface area contributed by atoms with E-state index in [4.69, 9.17) is 37.4 Å². The van der Waals surface area contributed by atoms with Gasteiger partial charge in [-0.1, -0.05) is 35.3 Å². The maximum atomic E-state index is 12.5. The first kappa shape index (κ1) is 29.4. The van der Waals surface area contributed by atoms with Crippen LogP contribution in [0.25, 0.3) is 0 Å². The first-order chi connectivity index (χ1) is 15.0. The number of aryl methyl sites for hydroxylation is 1. The summed E-state index contributed by atoms with van der Waals surface area (Å²) < 4.78 is 57.7. The third-order valence-electron chi connectivity index (χ3n) is 5.51. The Morgan fingerprint density at radius 3 is 1.79 bits per heavy atom. The Labute approximate surface area is 203 Å². The predicted octanol–water partition coefficient (Wildman–Crippen LogP) is 8.18. The van der Waals surface area contributed by atoms with E-state index in [-0.39, 0.29) is 22.7 Å². The molecule has 1 unspecified atom stereocenters. The molecule has 2 aromatic carbocycles. The second-order valence-corrected chi connectivity index (χ2v) is 9.17. The summed E-state index contributed by atoms with van der Waals surface area (Å²) in [5.41, 5.74) is 0.834. The van der Waals surface area contributed by atoms with E-state index < -0.39 is 12.5 Å². The molecule has 0 fully saturated rings. The summed E-state index contributed by atoms with van der Waals surface area (Å²) in [6, 6.07) is 9.24. The lowest BCUT2D eigenvalue weighted by molar-refractivity contribution is -0.275. The zero-order chi connectivity index (χ0) is 25.6. The number of ether oxygens (including phenoxy) is 4. The monoisotopic (exact) mass is 510 g/mol. The van der Waals surface area contributed by atoms with E-state index in [1.807, 2.05) is 27.7 Å². The quantitative estimate of drug-likeness (QED) is 0.376. The second-order valence-electron chi connectivity index (χ2n) is 8.36. The Morgan fingerprint density at radius 2 is 1.33 bits per heavy atom. The van der Waals surface area contributed by atoms with E-state index in [0.717, 1.165) is 0 Å². The highest BCUT2D eigenvalue weighted by molar-refractivity contribution is 6.42. The summed E-state index contributed by atoms with van der Waals surface area (Å²) >= 11 is 11.8. The molecule has 4 nitrogen and oxygen atoms in total. The molecule has 0 spiro atoms. The lowest BCUT2D eigenvalue weighted by atomic mass is 9.89. The number of methoxy groups -OCH3 is 2. The van der Waals surface area contributed by atoms with Crippen molar-refractivity contribution in [2.75, 3.05) is 14.2 Å². The molecule has 2 aromatic rings. The van der Waals surface area contributed by atoms with Crippen LogP contribution in [0.2, 0.25) is 10.0 Å². The number of halogens is 5.